The first-order chi connectivity index (χ1) is 20.0. The van der Waals surface area contributed by atoms with Crippen LogP contribution in [0.2, 0.25) is 0 Å². The summed E-state index contributed by atoms with van der Waals surface area (Å²) in [6, 6.07) is 8.01. The first-order valence-corrected chi connectivity index (χ1v) is 14.1. The van der Waals surface area contributed by atoms with Crippen LogP contribution in [0.25, 0.3) is 10.8 Å². The van der Waals surface area contributed by atoms with Crippen molar-refractivity contribution < 1.29 is 33.3 Å². The van der Waals surface area contributed by atoms with Crippen LogP contribution in [0.5, 0.6) is 5.75 Å². The standard InChI is InChI=1S/C33H44N2O7/c1-9-11-12-18-42-31(38)34-28(32(3,4)5)29(36)35-21-33(41-8,20-26(35)30(37)40-7)23-16-14-22-15-17-27(39-6)24(13-10-2)25(22)19-23/h9-10,14-17,19,26,28H,1-2,11-13,18,20-21H2,3-8H3,(H,34,38)/t26-,28+,33-/m0/s1. The molecule has 2 aromatic carbocycles. The van der Waals surface area contributed by atoms with Gasteiger partial charge in [-0.3, -0.25) is 4.79 Å². The average molecular weight is 581 g/mol. The fraction of sp³-hybridized carbons (Fsp3) is 0.485. The molecule has 1 fully saturated rings. The quantitative estimate of drug-likeness (QED) is 0.206. The van der Waals surface area contributed by atoms with Crippen molar-refractivity contribution in [1.29, 1.82) is 0 Å². The molecule has 0 spiro atoms. The van der Waals surface area contributed by atoms with Crippen molar-refractivity contribution in [2.24, 2.45) is 5.41 Å². The number of carbonyl (C=O) groups excluding carboxylic acids is 3. The lowest BCUT2D eigenvalue weighted by atomic mass is 9.85. The van der Waals surface area contributed by atoms with Crippen molar-refractivity contribution in [2.45, 2.75) is 64.1 Å². The highest BCUT2D eigenvalue weighted by molar-refractivity contribution is 5.92. The molecule has 1 N–H and O–H groups in total. The second kappa shape index (κ2) is 13.9. The number of amides is 2. The number of esters is 1. The monoisotopic (exact) mass is 580 g/mol. The number of rotatable bonds is 12. The molecule has 9 nitrogen and oxygen atoms in total. The number of likely N-dealkylation sites (tertiary alicyclic amines) is 1. The zero-order valence-electron chi connectivity index (χ0n) is 25.7. The summed E-state index contributed by atoms with van der Waals surface area (Å²) in [6.07, 6.45) is 4.99. The van der Waals surface area contributed by atoms with Crippen LogP contribution in [0.4, 0.5) is 4.79 Å². The van der Waals surface area contributed by atoms with Crippen molar-refractivity contribution in [2.75, 3.05) is 34.5 Å². The van der Waals surface area contributed by atoms with Gasteiger partial charge in [0, 0.05) is 19.1 Å². The Balaban J connectivity index is 2.02. The molecular formula is C33H44N2O7. The van der Waals surface area contributed by atoms with Gasteiger partial charge in [-0.15, -0.1) is 13.2 Å². The van der Waals surface area contributed by atoms with Crippen LogP contribution in [0, 0.1) is 5.41 Å². The number of methoxy groups -OCH3 is 3. The summed E-state index contributed by atoms with van der Waals surface area (Å²) in [4.78, 5) is 41.4. The van der Waals surface area contributed by atoms with E-state index in [1.54, 1.807) is 20.3 Å². The minimum Gasteiger partial charge on any atom is -0.496 e. The van der Waals surface area contributed by atoms with Gasteiger partial charge in [-0.25, -0.2) is 9.59 Å². The topological polar surface area (TPSA) is 103 Å². The first kappa shape index (κ1) is 32.7. The van der Waals surface area contributed by atoms with Gasteiger partial charge in [-0.05, 0) is 53.1 Å². The van der Waals surface area contributed by atoms with Crippen LogP contribution in [-0.2, 0) is 35.8 Å². The van der Waals surface area contributed by atoms with Crippen LogP contribution >= 0.6 is 0 Å². The highest BCUT2D eigenvalue weighted by Gasteiger charge is 2.53. The largest absolute Gasteiger partial charge is 0.496 e. The van der Waals surface area contributed by atoms with E-state index in [9.17, 15) is 14.4 Å². The molecule has 0 unspecified atom stereocenters. The molecule has 1 heterocycles. The van der Waals surface area contributed by atoms with Crippen LogP contribution in [0.15, 0.2) is 55.6 Å². The van der Waals surface area contributed by atoms with Gasteiger partial charge in [0.15, 0.2) is 0 Å². The number of hydrogen-bond acceptors (Lipinski definition) is 7. The molecule has 0 radical (unpaired) electrons. The summed E-state index contributed by atoms with van der Waals surface area (Å²) >= 11 is 0. The lowest BCUT2D eigenvalue weighted by Gasteiger charge is -2.35. The molecule has 1 aliphatic heterocycles. The SMILES string of the molecule is C=CCCCOC(=O)N[C@H](C(=O)N1C[C@](OC)(c2ccc3ccc(OC)c(CC=C)c3c2)C[C@H]1C(=O)OC)C(C)(C)C. The molecule has 3 atom stereocenters. The van der Waals surface area contributed by atoms with Crippen molar-refractivity contribution in [3.63, 3.8) is 0 Å². The predicted octanol–water partition coefficient (Wildman–Crippen LogP) is 5.30. The number of benzene rings is 2. The Morgan fingerprint density at radius 1 is 1.12 bits per heavy atom. The number of nitrogens with one attached hydrogen (secondary N) is 1. The lowest BCUT2D eigenvalue weighted by molar-refractivity contribution is -0.152. The fourth-order valence-corrected chi connectivity index (χ4v) is 5.48. The molecule has 0 aromatic heterocycles. The Hall–Kier alpha value is -3.85. The molecule has 0 bridgehead atoms. The third kappa shape index (κ3) is 6.95. The fourth-order valence-electron chi connectivity index (χ4n) is 5.48. The zero-order chi connectivity index (χ0) is 31.1. The van der Waals surface area contributed by atoms with E-state index in [0.717, 1.165) is 27.6 Å². The van der Waals surface area contributed by atoms with E-state index in [0.29, 0.717) is 19.3 Å². The summed E-state index contributed by atoms with van der Waals surface area (Å²) in [7, 11) is 4.50. The van der Waals surface area contributed by atoms with Gasteiger partial charge < -0.3 is 29.2 Å². The maximum absolute atomic E-state index is 14.2. The molecule has 0 aliphatic carbocycles. The maximum atomic E-state index is 14.2. The highest BCUT2D eigenvalue weighted by Crippen LogP contribution is 2.42. The molecule has 2 amide bonds. The number of hydrogen-bond donors (Lipinski definition) is 1. The van der Waals surface area contributed by atoms with Gasteiger partial charge in [0.1, 0.15) is 23.4 Å². The number of unbranched alkanes of at least 4 members (excludes halogenated alkanes) is 1. The smallest absolute Gasteiger partial charge is 0.407 e. The van der Waals surface area contributed by atoms with Crippen LogP contribution in [-0.4, -0.2) is 69.4 Å². The molecule has 228 valence electrons. The Morgan fingerprint density at radius 2 is 1.83 bits per heavy atom. The van der Waals surface area contributed by atoms with Gasteiger partial charge in [-0.2, -0.15) is 0 Å². The summed E-state index contributed by atoms with van der Waals surface area (Å²) in [5.41, 5.74) is 0.0968. The number of nitrogens with zero attached hydrogens (tertiary/aromatic N) is 1. The Kier molecular flexibility index (Phi) is 10.8. The van der Waals surface area contributed by atoms with Crippen LogP contribution in [0.1, 0.15) is 51.2 Å². The number of fused-ring (bicyclic) bond motifs is 1. The van der Waals surface area contributed by atoms with Crippen molar-refractivity contribution >= 4 is 28.7 Å². The highest BCUT2D eigenvalue weighted by atomic mass is 16.5. The van der Waals surface area contributed by atoms with E-state index in [2.05, 4.69) is 18.5 Å². The summed E-state index contributed by atoms with van der Waals surface area (Å²) in [5, 5.41) is 4.72. The minimum absolute atomic E-state index is 0.0804. The zero-order valence-corrected chi connectivity index (χ0v) is 25.7. The van der Waals surface area contributed by atoms with Crippen molar-refractivity contribution in [1.82, 2.24) is 10.2 Å². The second-order valence-electron chi connectivity index (χ2n) is 11.6. The molecular weight excluding hydrogens is 536 g/mol. The van der Waals surface area contributed by atoms with Gasteiger partial charge >= 0.3 is 12.1 Å². The van der Waals surface area contributed by atoms with E-state index in [1.807, 2.05) is 57.2 Å². The predicted molar refractivity (Wildman–Crippen MR) is 162 cm³/mol. The molecule has 1 aliphatic rings. The molecule has 2 aromatic rings. The van der Waals surface area contributed by atoms with Crippen molar-refractivity contribution in [3.05, 3.63) is 66.8 Å². The van der Waals surface area contributed by atoms with Crippen molar-refractivity contribution in [3.8, 4) is 5.75 Å². The Bertz CT molecular complexity index is 1320. The number of alkyl carbamates (subject to hydrolysis) is 1. The molecule has 3 rings (SSSR count). The van der Waals surface area contributed by atoms with E-state index >= 15 is 0 Å². The third-order valence-corrected chi connectivity index (χ3v) is 7.82. The minimum atomic E-state index is -1.01. The van der Waals surface area contributed by atoms with E-state index in [-0.39, 0.29) is 19.6 Å². The number of ether oxygens (including phenoxy) is 4. The number of carbonyl (C=O) groups is 3. The Labute approximate surface area is 248 Å². The normalized spacial score (nSPS) is 19.2. The summed E-state index contributed by atoms with van der Waals surface area (Å²) in [6.45, 7) is 13.4. The lowest BCUT2D eigenvalue weighted by Crippen LogP contribution is -2.57. The van der Waals surface area contributed by atoms with E-state index in [4.69, 9.17) is 18.9 Å². The van der Waals surface area contributed by atoms with Gasteiger partial charge in [0.2, 0.25) is 5.91 Å². The van der Waals surface area contributed by atoms with E-state index in [1.165, 1.54) is 12.0 Å². The van der Waals surface area contributed by atoms with Crippen LogP contribution in [0.3, 0.4) is 0 Å². The van der Waals surface area contributed by atoms with Gasteiger partial charge in [0.05, 0.1) is 27.4 Å². The maximum Gasteiger partial charge on any atom is 0.407 e. The van der Waals surface area contributed by atoms with Gasteiger partial charge in [-0.1, -0.05) is 51.1 Å². The van der Waals surface area contributed by atoms with Gasteiger partial charge in [0.25, 0.3) is 0 Å². The summed E-state index contributed by atoms with van der Waals surface area (Å²) in [5.74, 6) is -0.233. The number of allylic oxidation sites excluding steroid dienone is 2. The Morgan fingerprint density at radius 3 is 2.43 bits per heavy atom. The van der Waals surface area contributed by atoms with E-state index < -0.39 is 41.1 Å². The van der Waals surface area contributed by atoms with Crippen LogP contribution < -0.4 is 10.1 Å². The third-order valence-electron chi connectivity index (χ3n) is 7.82. The summed E-state index contributed by atoms with van der Waals surface area (Å²) < 4.78 is 22.2. The molecule has 1 saturated heterocycles. The molecule has 42 heavy (non-hydrogen) atoms. The molecule has 9 heteroatoms. The second-order valence-corrected chi connectivity index (χ2v) is 11.6. The average Bonchev–Trinajstić information content (AvgIpc) is 3.38. The first-order valence-electron chi connectivity index (χ1n) is 14.1. The molecule has 0 saturated carbocycles.